The number of ether oxygens (including phenoxy) is 1. The van der Waals surface area contributed by atoms with Crippen LogP contribution in [0.25, 0.3) is 33.3 Å². The minimum absolute atomic E-state index is 0.598. The molecule has 0 radical (unpaired) electrons. The van der Waals surface area contributed by atoms with E-state index in [1.165, 1.54) is 0 Å². The third-order valence-electron chi connectivity index (χ3n) is 4.65. The molecule has 0 spiro atoms. The zero-order chi connectivity index (χ0) is 18.1. The Balaban J connectivity index is 1.59. The summed E-state index contributed by atoms with van der Waals surface area (Å²) < 4.78 is 11.3. The van der Waals surface area contributed by atoms with Crippen molar-refractivity contribution < 1.29 is 9.15 Å². The average Bonchev–Trinajstić information content (AvgIpc) is 3.38. The molecule has 1 aliphatic rings. The van der Waals surface area contributed by atoms with Gasteiger partial charge in [0.2, 0.25) is 5.88 Å². The third-order valence-corrected chi connectivity index (χ3v) is 4.65. The molecule has 27 heavy (non-hydrogen) atoms. The quantitative estimate of drug-likeness (QED) is 0.525. The number of rotatable bonds is 4. The lowest BCUT2D eigenvalue weighted by molar-refractivity contribution is 0.389. The molecule has 5 heteroatoms. The second kappa shape index (κ2) is 6.61. The van der Waals surface area contributed by atoms with Crippen LogP contribution in [-0.4, -0.2) is 15.0 Å². The Kier molecular flexibility index (Phi) is 3.83. The van der Waals surface area contributed by atoms with Crippen LogP contribution in [0, 0.1) is 0 Å². The van der Waals surface area contributed by atoms with Crippen LogP contribution in [0.15, 0.2) is 83.8 Å². The summed E-state index contributed by atoms with van der Waals surface area (Å²) in [6.45, 7) is 0. The molecule has 0 aliphatic heterocycles. The summed E-state index contributed by atoms with van der Waals surface area (Å²) in [6, 6.07) is 7.97. The van der Waals surface area contributed by atoms with Gasteiger partial charge in [0.05, 0.1) is 12.5 Å². The topological polar surface area (TPSA) is 63.9 Å². The van der Waals surface area contributed by atoms with E-state index in [9.17, 15) is 0 Å². The first-order valence-electron chi connectivity index (χ1n) is 8.87. The fraction of sp³-hybridized carbons (Fsp3) is 0.0909. The van der Waals surface area contributed by atoms with Gasteiger partial charge in [-0.05, 0) is 36.8 Å². The maximum atomic E-state index is 6.09. The number of aromatic nitrogens is 3. The Morgan fingerprint density at radius 3 is 2.96 bits per heavy atom. The lowest BCUT2D eigenvalue weighted by atomic mass is 10.0. The molecule has 0 unspecified atom stereocenters. The molecule has 4 heterocycles. The normalized spacial score (nSPS) is 13.7. The summed E-state index contributed by atoms with van der Waals surface area (Å²) >= 11 is 0. The summed E-state index contributed by atoms with van der Waals surface area (Å²) in [6.07, 6.45) is 17.0. The van der Waals surface area contributed by atoms with Crippen molar-refractivity contribution in [2.75, 3.05) is 0 Å². The highest BCUT2D eigenvalue weighted by molar-refractivity contribution is 5.95. The highest BCUT2D eigenvalue weighted by Crippen LogP contribution is 2.34. The molecule has 4 aromatic rings. The molecule has 0 fully saturated rings. The van der Waals surface area contributed by atoms with Gasteiger partial charge in [0.25, 0.3) is 0 Å². The Bertz CT molecular complexity index is 1150. The van der Waals surface area contributed by atoms with Gasteiger partial charge in [0.15, 0.2) is 0 Å². The summed E-state index contributed by atoms with van der Waals surface area (Å²) in [7, 11) is 0. The summed E-state index contributed by atoms with van der Waals surface area (Å²) in [5.41, 5.74) is 4.78. The number of furan rings is 1. The van der Waals surface area contributed by atoms with Crippen molar-refractivity contribution >= 4 is 11.0 Å². The van der Waals surface area contributed by atoms with E-state index in [4.69, 9.17) is 9.15 Å². The zero-order valence-corrected chi connectivity index (χ0v) is 14.6. The van der Waals surface area contributed by atoms with Crippen LogP contribution < -0.4 is 4.74 Å². The van der Waals surface area contributed by atoms with E-state index in [1.54, 1.807) is 18.7 Å². The predicted molar refractivity (Wildman–Crippen MR) is 104 cm³/mol. The first-order valence-corrected chi connectivity index (χ1v) is 8.87. The number of fused-ring (bicyclic) bond motifs is 1. The van der Waals surface area contributed by atoms with Gasteiger partial charge in [-0.3, -0.25) is 0 Å². The first kappa shape index (κ1) is 15.6. The Morgan fingerprint density at radius 1 is 1.11 bits per heavy atom. The highest BCUT2D eigenvalue weighted by atomic mass is 16.5. The summed E-state index contributed by atoms with van der Waals surface area (Å²) in [5, 5.41) is 1.03. The maximum Gasteiger partial charge on any atom is 0.226 e. The van der Waals surface area contributed by atoms with Crippen LogP contribution in [0.2, 0.25) is 0 Å². The fourth-order valence-corrected chi connectivity index (χ4v) is 3.29. The Morgan fingerprint density at radius 2 is 2.11 bits per heavy atom. The third kappa shape index (κ3) is 2.93. The van der Waals surface area contributed by atoms with Crippen molar-refractivity contribution in [3.8, 4) is 28.1 Å². The van der Waals surface area contributed by atoms with E-state index in [0.717, 1.165) is 51.9 Å². The smallest absolute Gasteiger partial charge is 0.226 e. The number of hydrogen-bond acceptors (Lipinski definition) is 4. The van der Waals surface area contributed by atoms with E-state index < -0.39 is 0 Å². The standard InChI is InChI=1S/C22H17N3O2/c1-2-5-17(6-3-1)27-22-18(7-4-9-23-22)16-11-19-20(15-8-10-26-14-15)13-25-21(19)24-12-16/h1-2,4-5,7-14H,3,6H2,(H,24,25). The fourth-order valence-electron chi connectivity index (χ4n) is 3.29. The first-order chi connectivity index (χ1) is 13.4. The maximum absolute atomic E-state index is 6.09. The van der Waals surface area contributed by atoms with Crippen molar-refractivity contribution in [1.82, 2.24) is 15.0 Å². The van der Waals surface area contributed by atoms with Crippen molar-refractivity contribution in [2.24, 2.45) is 0 Å². The monoisotopic (exact) mass is 355 g/mol. The zero-order valence-electron chi connectivity index (χ0n) is 14.6. The Hall–Kier alpha value is -3.60. The van der Waals surface area contributed by atoms with Gasteiger partial charge in [-0.25, -0.2) is 9.97 Å². The molecule has 4 aromatic heterocycles. The number of nitrogens with one attached hydrogen (secondary N) is 1. The second-order valence-electron chi connectivity index (χ2n) is 6.39. The van der Waals surface area contributed by atoms with Gasteiger partial charge in [-0.2, -0.15) is 0 Å². The number of nitrogens with zero attached hydrogens (tertiary/aromatic N) is 2. The lowest BCUT2D eigenvalue weighted by Crippen LogP contribution is -2.00. The summed E-state index contributed by atoms with van der Waals surface area (Å²) in [4.78, 5) is 12.3. The van der Waals surface area contributed by atoms with Crippen molar-refractivity contribution in [2.45, 2.75) is 12.8 Å². The Labute approximate surface area is 156 Å². The van der Waals surface area contributed by atoms with Crippen LogP contribution in [0.5, 0.6) is 5.88 Å². The molecule has 1 aliphatic carbocycles. The van der Waals surface area contributed by atoms with Gasteiger partial charge in [-0.15, -0.1) is 0 Å². The molecule has 132 valence electrons. The molecule has 0 saturated heterocycles. The SMILES string of the molecule is C1=CCCC(Oc2ncccc2-c2cnc3[nH]cc(-c4ccoc4)c3c2)=C1. The molecule has 0 saturated carbocycles. The molecule has 5 nitrogen and oxygen atoms in total. The number of H-pyrrole nitrogens is 1. The largest absolute Gasteiger partial charge is 0.472 e. The molecule has 0 atom stereocenters. The number of pyridine rings is 2. The van der Waals surface area contributed by atoms with Gasteiger partial charge in [0, 0.05) is 52.7 Å². The molecular weight excluding hydrogens is 338 g/mol. The average molecular weight is 355 g/mol. The number of allylic oxidation sites excluding steroid dienone is 4. The molecule has 0 amide bonds. The van der Waals surface area contributed by atoms with Crippen LogP contribution in [-0.2, 0) is 0 Å². The number of hydrogen-bond donors (Lipinski definition) is 1. The highest BCUT2D eigenvalue weighted by Gasteiger charge is 2.14. The van der Waals surface area contributed by atoms with E-state index in [-0.39, 0.29) is 0 Å². The minimum Gasteiger partial charge on any atom is -0.472 e. The second-order valence-corrected chi connectivity index (χ2v) is 6.39. The van der Waals surface area contributed by atoms with Crippen LogP contribution in [0.4, 0.5) is 0 Å². The van der Waals surface area contributed by atoms with Crippen molar-refractivity contribution in [1.29, 1.82) is 0 Å². The van der Waals surface area contributed by atoms with Crippen LogP contribution >= 0.6 is 0 Å². The van der Waals surface area contributed by atoms with Gasteiger partial charge in [0.1, 0.15) is 11.4 Å². The van der Waals surface area contributed by atoms with Crippen molar-refractivity contribution in [3.05, 3.63) is 79.4 Å². The minimum atomic E-state index is 0.598. The van der Waals surface area contributed by atoms with E-state index >= 15 is 0 Å². The molecule has 1 N–H and O–H groups in total. The number of aromatic amines is 1. The van der Waals surface area contributed by atoms with Gasteiger partial charge >= 0.3 is 0 Å². The van der Waals surface area contributed by atoms with Gasteiger partial charge in [-0.1, -0.05) is 12.2 Å². The lowest BCUT2D eigenvalue weighted by Gasteiger charge is -2.13. The molecule has 0 aromatic carbocycles. The van der Waals surface area contributed by atoms with Crippen LogP contribution in [0.1, 0.15) is 12.8 Å². The molecule has 5 rings (SSSR count). The molecular formula is C22H17N3O2. The van der Waals surface area contributed by atoms with Crippen molar-refractivity contribution in [3.63, 3.8) is 0 Å². The van der Waals surface area contributed by atoms with E-state index in [2.05, 4.69) is 27.1 Å². The van der Waals surface area contributed by atoms with E-state index in [0.29, 0.717) is 5.88 Å². The van der Waals surface area contributed by atoms with Crippen LogP contribution in [0.3, 0.4) is 0 Å². The van der Waals surface area contributed by atoms with E-state index in [1.807, 2.05) is 42.7 Å². The predicted octanol–water partition coefficient (Wildman–Crippen LogP) is 5.50. The summed E-state index contributed by atoms with van der Waals surface area (Å²) in [5.74, 6) is 1.52. The van der Waals surface area contributed by atoms with Gasteiger partial charge < -0.3 is 14.1 Å². The molecule has 0 bridgehead atoms.